The monoisotopic (exact) mass is 446 g/mol. The Hall–Kier alpha value is -3.38. The van der Waals surface area contributed by atoms with Gasteiger partial charge in [-0.1, -0.05) is 78.9 Å². The number of amides is 1. The molecule has 5 nitrogen and oxygen atoms in total. The van der Waals surface area contributed by atoms with Crippen molar-refractivity contribution in [2.75, 3.05) is 11.4 Å². The number of benzene rings is 3. The molecule has 1 amide bonds. The van der Waals surface area contributed by atoms with Crippen LogP contribution in [-0.2, 0) is 21.2 Å². The Balaban J connectivity index is 1.72. The highest BCUT2D eigenvalue weighted by molar-refractivity contribution is 7.97. The van der Waals surface area contributed by atoms with E-state index in [1.54, 1.807) is 12.1 Å². The highest BCUT2D eigenvalue weighted by Gasteiger charge is 2.39. The van der Waals surface area contributed by atoms with Gasteiger partial charge < -0.3 is 5.32 Å². The van der Waals surface area contributed by atoms with E-state index < -0.39 is 15.9 Å². The van der Waals surface area contributed by atoms with Crippen LogP contribution in [0.4, 0.5) is 5.69 Å². The minimum absolute atomic E-state index is 0.190. The predicted octanol–water partition coefficient (Wildman–Crippen LogP) is 4.36. The average molecular weight is 447 g/mol. The molecule has 1 N–H and O–H groups in total. The topological polar surface area (TPSA) is 66.5 Å². The van der Waals surface area contributed by atoms with Gasteiger partial charge in [0.1, 0.15) is 0 Å². The second-order valence-corrected chi connectivity index (χ2v) is 9.86. The molecule has 0 radical (unpaired) electrons. The van der Waals surface area contributed by atoms with Gasteiger partial charge in [0.25, 0.3) is 15.9 Å². The van der Waals surface area contributed by atoms with Crippen molar-refractivity contribution >= 4 is 27.2 Å². The molecule has 1 aliphatic heterocycles. The van der Waals surface area contributed by atoms with Crippen molar-refractivity contribution in [2.24, 2.45) is 0 Å². The molecule has 1 atom stereocenters. The molecule has 0 saturated heterocycles. The molecule has 0 spiro atoms. The smallest absolute Gasteiger partial charge is 0.270 e. The standard InChI is InChI=1S/C26H26N2O3S/c1-19(17-18-20-11-5-3-6-12-20)27-26(29)25-24(21-13-7-4-8-14-21)22-15-9-10-16-23(22)28(2)32(25,30)31/h3-16,19H,17-18H2,1-2H3,(H,27,29). The van der Waals surface area contributed by atoms with Crippen LogP contribution in [0.3, 0.4) is 0 Å². The second kappa shape index (κ2) is 9.01. The van der Waals surface area contributed by atoms with Gasteiger partial charge in [0, 0.05) is 24.2 Å². The highest BCUT2D eigenvalue weighted by atomic mass is 32.2. The lowest BCUT2D eigenvalue weighted by molar-refractivity contribution is -0.117. The largest absolute Gasteiger partial charge is 0.349 e. The van der Waals surface area contributed by atoms with Gasteiger partial charge in [-0.25, -0.2) is 8.42 Å². The third-order valence-electron chi connectivity index (χ3n) is 5.71. The summed E-state index contributed by atoms with van der Waals surface area (Å²) < 4.78 is 28.1. The maximum Gasteiger partial charge on any atom is 0.270 e. The van der Waals surface area contributed by atoms with Crippen molar-refractivity contribution in [3.05, 3.63) is 107 Å². The van der Waals surface area contributed by atoms with Crippen LogP contribution >= 0.6 is 0 Å². The minimum Gasteiger partial charge on any atom is -0.349 e. The summed E-state index contributed by atoms with van der Waals surface area (Å²) in [7, 11) is -2.54. The summed E-state index contributed by atoms with van der Waals surface area (Å²) in [5.74, 6) is -0.578. The number of nitrogens with zero attached hydrogens (tertiary/aromatic N) is 1. The quantitative estimate of drug-likeness (QED) is 0.612. The van der Waals surface area contributed by atoms with Crippen molar-refractivity contribution in [3.63, 3.8) is 0 Å². The first kappa shape index (κ1) is 21.8. The fourth-order valence-electron chi connectivity index (χ4n) is 3.99. The van der Waals surface area contributed by atoms with Gasteiger partial charge in [-0.3, -0.25) is 9.10 Å². The molecule has 164 valence electrons. The van der Waals surface area contributed by atoms with Crippen LogP contribution in [0.25, 0.3) is 5.57 Å². The van der Waals surface area contributed by atoms with Crippen LogP contribution < -0.4 is 9.62 Å². The lowest BCUT2D eigenvalue weighted by Gasteiger charge is -2.31. The van der Waals surface area contributed by atoms with E-state index in [1.807, 2.05) is 79.7 Å². The lowest BCUT2D eigenvalue weighted by Crippen LogP contribution is -2.42. The molecule has 0 bridgehead atoms. The van der Waals surface area contributed by atoms with E-state index in [2.05, 4.69) is 5.32 Å². The number of carbonyl (C=O) groups is 1. The SMILES string of the molecule is CC(CCc1ccccc1)NC(=O)C1=C(c2ccccc2)c2ccccc2N(C)S1(=O)=O. The third-order valence-corrected chi connectivity index (χ3v) is 7.54. The van der Waals surface area contributed by atoms with E-state index in [9.17, 15) is 13.2 Å². The molecule has 3 aromatic carbocycles. The maximum atomic E-state index is 13.5. The molecular formula is C26H26N2O3S. The Morgan fingerprint density at radius 3 is 2.19 bits per heavy atom. The normalized spacial score (nSPS) is 15.8. The van der Waals surface area contributed by atoms with Gasteiger partial charge in [-0.15, -0.1) is 0 Å². The Bertz CT molecular complexity index is 1250. The zero-order valence-corrected chi connectivity index (χ0v) is 19.0. The fourth-order valence-corrected chi connectivity index (χ4v) is 5.46. The second-order valence-electron chi connectivity index (χ2n) is 7.96. The van der Waals surface area contributed by atoms with Gasteiger partial charge in [-0.2, -0.15) is 0 Å². The van der Waals surface area contributed by atoms with Crippen molar-refractivity contribution in [1.82, 2.24) is 5.32 Å². The molecule has 0 aliphatic carbocycles. The number of fused-ring (bicyclic) bond motifs is 1. The van der Waals surface area contributed by atoms with Crippen LogP contribution in [-0.4, -0.2) is 27.4 Å². The van der Waals surface area contributed by atoms with E-state index in [0.717, 1.165) is 12.0 Å². The zero-order valence-electron chi connectivity index (χ0n) is 18.2. The van der Waals surface area contributed by atoms with Gasteiger partial charge in [0.15, 0.2) is 4.91 Å². The molecule has 6 heteroatoms. The van der Waals surface area contributed by atoms with Crippen LogP contribution in [0.5, 0.6) is 0 Å². The van der Waals surface area contributed by atoms with E-state index in [-0.39, 0.29) is 10.9 Å². The van der Waals surface area contributed by atoms with Crippen molar-refractivity contribution in [1.29, 1.82) is 0 Å². The van der Waals surface area contributed by atoms with Crippen molar-refractivity contribution in [2.45, 2.75) is 25.8 Å². The Labute approximate surface area is 189 Å². The van der Waals surface area contributed by atoms with E-state index >= 15 is 0 Å². The van der Waals surface area contributed by atoms with Crippen LogP contribution in [0.2, 0.25) is 0 Å². The molecule has 1 aliphatic rings. The molecule has 0 saturated carbocycles. The first-order valence-electron chi connectivity index (χ1n) is 10.6. The van der Waals surface area contributed by atoms with Gasteiger partial charge in [0.05, 0.1) is 5.69 Å². The van der Waals surface area contributed by atoms with E-state index in [0.29, 0.717) is 23.2 Å². The number of anilines is 1. The predicted molar refractivity (Wildman–Crippen MR) is 129 cm³/mol. The minimum atomic E-state index is -4.02. The zero-order chi connectivity index (χ0) is 22.7. The van der Waals surface area contributed by atoms with Crippen LogP contribution in [0.1, 0.15) is 30.0 Å². The summed E-state index contributed by atoms with van der Waals surface area (Å²) in [6.45, 7) is 1.90. The van der Waals surface area contributed by atoms with Gasteiger partial charge >= 0.3 is 0 Å². The average Bonchev–Trinajstić information content (AvgIpc) is 2.81. The summed E-state index contributed by atoms with van der Waals surface area (Å²) in [5, 5.41) is 2.92. The Morgan fingerprint density at radius 1 is 0.906 bits per heavy atom. The first-order valence-corrected chi connectivity index (χ1v) is 12.1. The first-order chi connectivity index (χ1) is 15.4. The number of nitrogens with one attached hydrogen (secondary N) is 1. The van der Waals surface area contributed by atoms with Crippen LogP contribution in [0.15, 0.2) is 89.8 Å². The van der Waals surface area contributed by atoms with Gasteiger partial charge in [0.2, 0.25) is 0 Å². The summed E-state index contributed by atoms with van der Waals surface area (Å²) in [6.07, 6.45) is 1.50. The van der Waals surface area contributed by atoms with Crippen molar-refractivity contribution < 1.29 is 13.2 Å². The molecule has 4 rings (SSSR count). The molecule has 3 aromatic rings. The number of carbonyl (C=O) groups excluding carboxylic acids is 1. The number of aryl methyl sites for hydroxylation is 1. The molecule has 32 heavy (non-hydrogen) atoms. The Kier molecular flexibility index (Phi) is 6.15. The summed E-state index contributed by atoms with van der Waals surface area (Å²) in [4.78, 5) is 13.2. The number of rotatable bonds is 6. The summed E-state index contributed by atoms with van der Waals surface area (Å²) >= 11 is 0. The fraction of sp³-hybridized carbons (Fsp3) is 0.192. The van der Waals surface area contributed by atoms with E-state index in [4.69, 9.17) is 0 Å². The maximum absolute atomic E-state index is 13.5. The molecular weight excluding hydrogens is 420 g/mol. The Morgan fingerprint density at radius 2 is 1.50 bits per heavy atom. The lowest BCUT2D eigenvalue weighted by atomic mass is 9.95. The number of hydrogen-bond donors (Lipinski definition) is 1. The third kappa shape index (κ3) is 4.18. The number of para-hydroxylation sites is 1. The van der Waals surface area contributed by atoms with Gasteiger partial charge in [-0.05, 0) is 37.0 Å². The summed E-state index contributed by atoms with van der Waals surface area (Å²) in [6, 6.07) is 26.3. The summed E-state index contributed by atoms with van der Waals surface area (Å²) in [5.41, 5.74) is 3.58. The van der Waals surface area contributed by atoms with Crippen LogP contribution in [0, 0.1) is 0 Å². The molecule has 1 heterocycles. The number of sulfonamides is 1. The molecule has 0 fully saturated rings. The molecule has 1 unspecified atom stereocenters. The highest BCUT2D eigenvalue weighted by Crippen LogP contribution is 2.41. The number of hydrogen-bond acceptors (Lipinski definition) is 3. The van der Waals surface area contributed by atoms with Crippen molar-refractivity contribution in [3.8, 4) is 0 Å². The molecule has 0 aromatic heterocycles. The van der Waals surface area contributed by atoms with E-state index in [1.165, 1.54) is 16.9 Å².